The predicted molar refractivity (Wildman–Crippen MR) is 126 cm³/mol. The minimum atomic E-state index is -0.390. The molecule has 2 aliphatic heterocycles. The van der Waals surface area contributed by atoms with Crippen molar-refractivity contribution in [1.82, 2.24) is 14.8 Å². The molecule has 2 aromatic rings. The van der Waals surface area contributed by atoms with Crippen molar-refractivity contribution in [3.05, 3.63) is 64.9 Å². The Bertz CT molecular complexity index is 980. The number of piperidine rings is 1. The molecule has 2 saturated heterocycles. The van der Waals surface area contributed by atoms with E-state index in [1.165, 1.54) is 0 Å². The van der Waals surface area contributed by atoms with Crippen molar-refractivity contribution < 1.29 is 9.59 Å². The summed E-state index contributed by atoms with van der Waals surface area (Å²) in [5.41, 5.74) is 1.63. The van der Waals surface area contributed by atoms with E-state index < -0.39 is 0 Å². The number of amides is 2. The third kappa shape index (κ3) is 4.54. The number of carbonyl (C=O) groups excluding carboxylic acids is 2. The van der Waals surface area contributed by atoms with Gasteiger partial charge in [-0.05, 0) is 61.9 Å². The molecule has 2 fully saturated rings. The second kappa shape index (κ2) is 9.22. The van der Waals surface area contributed by atoms with E-state index in [0.717, 1.165) is 36.9 Å². The fourth-order valence-corrected chi connectivity index (χ4v) is 5.84. The molecule has 2 aliphatic rings. The fourth-order valence-electron chi connectivity index (χ4n) is 5.63. The van der Waals surface area contributed by atoms with Crippen molar-refractivity contribution >= 4 is 23.4 Å². The van der Waals surface area contributed by atoms with Gasteiger partial charge in [-0.3, -0.25) is 14.6 Å². The highest BCUT2D eigenvalue weighted by Gasteiger charge is 2.54. The smallest absolute Gasteiger partial charge is 0.227 e. The minimum Gasteiger partial charge on any atom is -0.337 e. The van der Waals surface area contributed by atoms with Crippen molar-refractivity contribution in [3.8, 4) is 0 Å². The molecule has 32 heavy (non-hydrogen) atoms. The van der Waals surface area contributed by atoms with Crippen LogP contribution in [0.1, 0.15) is 51.2 Å². The van der Waals surface area contributed by atoms with Crippen LogP contribution in [-0.2, 0) is 22.4 Å². The molecule has 2 amide bonds. The second-order valence-corrected chi connectivity index (χ2v) is 10.2. The molecule has 3 atom stereocenters. The van der Waals surface area contributed by atoms with Gasteiger partial charge in [0.25, 0.3) is 0 Å². The van der Waals surface area contributed by atoms with Gasteiger partial charge in [-0.15, -0.1) is 0 Å². The minimum absolute atomic E-state index is 0.0415. The fraction of sp³-hybridized carbons (Fsp3) is 0.500. The molecule has 4 rings (SSSR count). The summed E-state index contributed by atoms with van der Waals surface area (Å²) >= 11 is 6.26. The Morgan fingerprint density at radius 2 is 1.97 bits per heavy atom. The van der Waals surface area contributed by atoms with E-state index in [2.05, 4.69) is 22.9 Å². The van der Waals surface area contributed by atoms with E-state index in [0.29, 0.717) is 17.9 Å². The molecule has 5 nitrogen and oxygen atoms in total. The van der Waals surface area contributed by atoms with Crippen LogP contribution in [0.2, 0.25) is 5.02 Å². The molecule has 6 heteroatoms. The first-order valence-corrected chi connectivity index (χ1v) is 11.9. The number of hydrogen-bond acceptors (Lipinski definition) is 3. The zero-order valence-electron chi connectivity index (χ0n) is 19.1. The highest BCUT2D eigenvalue weighted by molar-refractivity contribution is 6.30. The van der Waals surface area contributed by atoms with E-state index in [1.807, 2.05) is 49.1 Å². The zero-order valence-corrected chi connectivity index (χ0v) is 19.9. The number of rotatable bonds is 5. The Kier molecular flexibility index (Phi) is 6.57. The average molecular weight is 454 g/mol. The molecule has 0 aliphatic carbocycles. The molecular formula is C26H32ClN3O2. The maximum absolute atomic E-state index is 13.7. The van der Waals surface area contributed by atoms with Gasteiger partial charge in [0.15, 0.2) is 0 Å². The quantitative estimate of drug-likeness (QED) is 0.668. The van der Waals surface area contributed by atoms with Gasteiger partial charge in [-0.1, -0.05) is 43.6 Å². The van der Waals surface area contributed by atoms with Crippen molar-refractivity contribution in [2.45, 2.75) is 70.5 Å². The maximum atomic E-state index is 13.7. The van der Waals surface area contributed by atoms with E-state index >= 15 is 0 Å². The summed E-state index contributed by atoms with van der Waals surface area (Å²) < 4.78 is 0. The van der Waals surface area contributed by atoms with Crippen LogP contribution >= 0.6 is 11.6 Å². The van der Waals surface area contributed by atoms with E-state index in [1.54, 1.807) is 12.4 Å². The number of carbonyl (C=O) groups is 2. The van der Waals surface area contributed by atoms with Gasteiger partial charge in [0, 0.05) is 35.4 Å². The van der Waals surface area contributed by atoms with Gasteiger partial charge in [-0.2, -0.15) is 0 Å². The summed E-state index contributed by atoms with van der Waals surface area (Å²) in [6.45, 7) is 6.86. The molecule has 0 saturated carbocycles. The van der Waals surface area contributed by atoms with Crippen molar-refractivity contribution in [3.63, 3.8) is 0 Å². The van der Waals surface area contributed by atoms with Crippen LogP contribution in [0.15, 0.2) is 48.8 Å². The van der Waals surface area contributed by atoms with Crippen LogP contribution in [0, 0.1) is 5.92 Å². The topological polar surface area (TPSA) is 53.5 Å². The van der Waals surface area contributed by atoms with Gasteiger partial charge in [0.05, 0.1) is 18.5 Å². The van der Waals surface area contributed by atoms with Crippen LogP contribution in [0.3, 0.4) is 0 Å². The lowest BCUT2D eigenvalue weighted by Crippen LogP contribution is -2.55. The van der Waals surface area contributed by atoms with Gasteiger partial charge in [0.2, 0.25) is 11.8 Å². The molecule has 0 spiro atoms. The second-order valence-electron chi connectivity index (χ2n) is 9.77. The standard InChI is InChI=1S/C26H32ClN3O2/c1-18(2)25(32)29-12-6-10-22-23(29)16-26(3,15-19-7-4-9-21(27)13-19)30(22)24(31)14-20-8-5-11-28-17-20/h4-5,7-9,11,13,17-18,22-23H,6,10,12,14-16H2,1-3H3/t22-,23-,26+/m0/s1. The molecule has 0 N–H and O–H groups in total. The lowest BCUT2D eigenvalue weighted by Gasteiger charge is -2.42. The third-order valence-electron chi connectivity index (χ3n) is 6.90. The van der Waals surface area contributed by atoms with Crippen LogP contribution in [0.25, 0.3) is 0 Å². The first-order valence-electron chi connectivity index (χ1n) is 11.5. The van der Waals surface area contributed by atoms with Crippen LogP contribution in [0.5, 0.6) is 0 Å². The summed E-state index contributed by atoms with van der Waals surface area (Å²) in [5, 5.41) is 0.700. The largest absolute Gasteiger partial charge is 0.337 e. The summed E-state index contributed by atoms with van der Waals surface area (Å²) in [7, 11) is 0. The third-order valence-corrected chi connectivity index (χ3v) is 7.14. The summed E-state index contributed by atoms with van der Waals surface area (Å²) in [4.78, 5) is 35.1. The van der Waals surface area contributed by atoms with Crippen molar-refractivity contribution in [2.24, 2.45) is 5.92 Å². The summed E-state index contributed by atoms with van der Waals surface area (Å²) in [6, 6.07) is 11.8. The van der Waals surface area contributed by atoms with Crippen LogP contribution in [-0.4, -0.2) is 50.8 Å². The Labute approximate surface area is 195 Å². The number of aromatic nitrogens is 1. The number of likely N-dealkylation sites (tertiary alicyclic amines) is 2. The van der Waals surface area contributed by atoms with Crippen LogP contribution in [0.4, 0.5) is 0 Å². The Hall–Kier alpha value is -2.40. The molecule has 1 aromatic heterocycles. The first-order chi connectivity index (χ1) is 15.3. The van der Waals surface area contributed by atoms with E-state index in [-0.39, 0.29) is 35.4 Å². The monoisotopic (exact) mass is 453 g/mol. The number of nitrogens with zero attached hydrogens (tertiary/aromatic N) is 3. The lowest BCUT2D eigenvalue weighted by molar-refractivity contribution is -0.143. The highest BCUT2D eigenvalue weighted by Crippen LogP contribution is 2.43. The number of pyridine rings is 1. The molecule has 0 bridgehead atoms. The molecule has 0 radical (unpaired) electrons. The number of hydrogen-bond donors (Lipinski definition) is 0. The number of benzene rings is 1. The van der Waals surface area contributed by atoms with E-state index in [4.69, 9.17) is 11.6 Å². The van der Waals surface area contributed by atoms with Gasteiger partial charge >= 0.3 is 0 Å². The van der Waals surface area contributed by atoms with Crippen molar-refractivity contribution in [1.29, 1.82) is 0 Å². The Balaban J connectivity index is 1.68. The molecular weight excluding hydrogens is 422 g/mol. The zero-order chi connectivity index (χ0) is 22.9. The van der Waals surface area contributed by atoms with Crippen LogP contribution < -0.4 is 0 Å². The molecule has 170 valence electrons. The lowest BCUT2D eigenvalue weighted by atomic mass is 9.87. The SMILES string of the molecule is CC(C)C(=O)N1CCC[C@H]2[C@@H]1C[C@@](C)(Cc1cccc(Cl)c1)N2C(=O)Cc1cccnc1. The van der Waals surface area contributed by atoms with E-state index in [9.17, 15) is 9.59 Å². The Morgan fingerprint density at radius 1 is 1.19 bits per heavy atom. The maximum Gasteiger partial charge on any atom is 0.227 e. The highest BCUT2D eigenvalue weighted by atomic mass is 35.5. The Morgan fingerprint density at radius 3 is 2.66 bits per heavy atom. The number of fused-ring (bicyclic) bond motifs is 1. The van der Waals surface area contributed by atoms with Gasteiger partial charge in [-0.25, -0.2) is 0 Å². The van der Waals surface area contributed by atoms with Gasteiger partial charge in [0.1, 0.15) is 0 Å². The number of halogens is 1. The normalized spacial score (nSPS) is 25.2. The summed E-state index contributed by atoms with van der Waals surface area (Å²) in [5.74, 6) is 0.244. The summed E-state index contributed by atoms with van der Waals surface area (Å²) in [6.07, 6.45) is 7.14. The van der Waals surface area contributed by atoms with Crippen molar-refractivity contribution in [2.75, 3.05) is 6.54 Å². The first kappa shape index (κ1) is 22.8. The molecule has 0 unspecified atom stereocenters. The molecule has 1 aromatic carbocycles. The van der Waals surface area contributed by atoms with Gasteiger partial charge < -0.3 is 9.80 Å². The predicted octanol–water partition coefficient (Wildman–Crippen LogP) is 4.53. The average Bonchev–Trinajstić information content (AvgIpc) is 3.05. The molecule has 3 heterocycles.